The van der Waals surface area contributed by atoms with Gasteiger partial charge < -0.3 is 15.0 Å². The molecule has 4 heteroatoms. The second-order valence-electron chi connectivity index (χ2n) is 3.93. The van der Waals surface area contributed by atoms with Crippen LogP contribution in [0.15, 0.2) is 24.4 Å². The number of rotatable bonds is 3. The van der Waals surface area contributed by atoms with Crippen LogP contribution in [0.2, 0.25) is 5.02 Å². The first-order chi connectivity index (χ1) is 7.63. The van der Waals surface area contributed by atoms with Crippen molar-refractivity contribution in [3.05, 3.63) is 35.0 Å². The first-order valence-electron chi connectivity index (χ1n) is 5.20. The zero-order valence-electron chi connectivity index (χ0n) is 9.37. The molecule has 16 heavy (non-hydrogen) atoms. The molecular weight excluding hydrogens is 224 g/mol. The summed E-state index contributed by atoms with van der Waals surface area (Å²) in [7, 11) is 3.78. The molecule has 1 aromatic heterocycles. The minimum absolute atomic E-state index is 0.507. The summed E-state index contributed by atoms with van der Waals surface area (Å²) in [5.41, 5.74) is 1.99. The lowest BCUT2D eigenvalue weighted by molar-refractivity contribution is 0.179. The molecular formula is C12H15ClN2O. The average molecular weight is 239 g/mol. The fraction of sp³-hybridized carbons (Fsp3) is 0.333. The molecule has 0 bridgehead atoms. The minimum Gasteiger partial charge on any atom is -0.387 e. The second kappa shape index (κ2) is 4.45. The van der Waals surface area contributed by atoms with Crippen LogP contribution in [0, 0.1) is 0 Å². The van der Waals surface area contributed by atoms with Gasteiger partial charge >= 0.3 is 0 Å². The van der Waals surface area contributed by atoms with E-state index in [1.54, 1.807) is 0 Å². The number of halogens is 1. The molecule has 2 rings (SSSR count). The highest BCUT2D eigenvalue weighted by atomic mass is 35.5. The van der Waals surface area contributed by atoms with Crippen molar-refractivity contribution in [3.8, 4) is 0 Å². The van der Waals surface area contributed by atoms with Gasteiger partial charge in [-0.2, -0.15) is 0 Å². The Labute approximate surface area is 99.6 Å². The van der Waals surface area contributed by atoms with Gasteiger partial charge in [-0.1, -0.05) is 11.6 Å². The van der Waals surface area contributed by atoms with Crippen molar-refractivity contribution < 1.29 is 5.11 Å². The molecule has 0 aliphatic rings. The number of aliphatic hydroxyl groups excluding tert-OH is 1. The maximum atomic E-state index is 10.0. The molecule has 0 fully saturated rings. The van der Waals surface area contributed by atoms with Crippen molar-refractivity contribution in [2.24, 2.45) is 7.05 Å². The van der Waals surface area contributed by atoms with E-state index in [4.69, 9.17) is 11.6 Å². The summed E-state index contributed by atoms with van der Waals surface area (Å²) in [6.07, 6.45) is 1.44. The molecule has 86 valence electrons. The Kier molecular flexibility index (Phi) is 3.19. The number of aliphatic hydroxyl groups is 1. The minimum atomic E-state index is -0.507. The summed E-state index contributed by atoms with van der Waals surface area (Å²) in [6.45, 7) is 0.533. The maximum absolute atomic E-state index is 10.0. The van der Waals surface area contributed by atoms with E-state index in [2.05, 4.69) is 5.32 Å². The molecule has 1 heterocycles. The van der Waals surface area contributed by atoms with Gasteiger partial charge in [-0.05, 0) is 25.2 Å². The Balaban J connectivity index is 2.56. The molecule has 0 spiro atoms. The Hall–Kier alpha value is -1.03. The zero-order chi connectivity index (χ0) is 11.7. The predicted octanol–water partition coefficient (Wildman–Crippen LogP) is 2.08. The molecule has 2 N–H and O–H groups in total. The van der Waals surface area contributed by atoms with Crippen LogP contribution in [0.5, 0.6) is 0 Å². The monoisotopic (exact) mass is 238 g/mol. The van der Waals surface area contributed by atoms with Crippen LogP contribution in [0.25, 0.3) is 10.9 Å². The molecule has 0 saturated heterocycles. The average Bonchev–Trinajstić information content (AvgIpc) is 2.56. The molecule has 3 nitrogen and oxygen atoms in total. The third kappa shape index (κ3) is 1.94. The lowest BCUT2D eigenvalue weighted by atomic mass is 10.1. The molecule has 0 aliphatic carbocycles. The Morgan fingerprint density at radius 1 is 1.50 bits per heavy atom. The quantitative estimate of drug-likeness (QED) is 0.859. The maximum Gasteiger partial charge on any atom is 0.0934 e. The van der Waals surface area contributed by atoms with Gasteiger partial charge in [0.1, 0.15) is 0 Å². The van der Waals surface area contributed by atoms with Crippen LogP contribution in [0.3, 0.4) is 0 Å². The highest BCUT2D eigenvalue weighted by Crippen LogP contribution is 2.28. The third-order valence-corrected chi connectivity index (χ3v) is 2.97. The summed E-state index contributed by atoms with van der Waals surface area (Å²) in [6, 6.07) is 5.72. The number of benzene rings is 1. The van der Waals surface area contributed by atoms with E-state index in [1.165, 1.54) is 0 Å². The first kappa shape index (κ1) is 11.5. The van der Waals surface area contributed by atoms with Gasteiger partial charge in [0.2, 0.25) is 0 Å². The number of fused-ring (bicyclic) bond motifs is 1. The largest absolute Gasteiger partial charge is 0.387 e. The molecule has 0 aliphatic heterocycles. The van der Waals surface area contributed by atoms with Crippen LogP contribution >= 0.6 is 11.6 Å². The van der Waals surface area contributed by atoms with Crippen molar-refractivity contribution in [1.29, 1.82) is 0 Å². The van der Waals surface area contributed by atoms with Crippen molar-refractivity contribution >= 4 is 22.5 Å². The summed E-state index contributed by atoms with van der Waals surface area (Å²) >= 11 is 5.98. The van der Waals surface area contributed by atoms with Crippen LogP contribution in [0.4, 0.5) is 0 Å². The van der Waals surface area contributed by atoms with Crippen molar-refractivity contribution in [1.82, 2.24) is 9.88 Å². The van der Waals surface area contributed by atoms with E-state index in [9.17, 15) is 5.11 Å². The normalized spacial score (nSPS) is 13.2. The summed E-state index contributed by atoms with van der Waals surface area (Å²) in [4.78, 5) is 0. The topological polar surface area (TPSA) is 37.2 Å². The van der Waals surface area contributed by atoms with Gasteiger partial charge in [0.05, 0.1) is 6.10 Å². The standard InChI is InChI=1S/C12H15ClN2O/c1-14-6-12(16)10-7-15(2)11-4-3-8(13)5-9(10)11/h3-5,7,12,14,16H,6H2,1-2H3. The van der Waals surface area contributed by atoms with Crippen molar-refractivity contribution in [2.75, 3.05) is 13.6 Å². The highest BCUT2D eigenvalue weighted by molar-refractivity contribution is 6.31. The summed E-state index contributed by atoms with van der Waals surface area (Å²) in [5, 5.41) is 14.7. The predicted molar refractivity (Wildman–Crippen MR) is 66.8 cm³/mol. The van der Waals surface area contributed by atoms with Gasteiger partial charge in [-0.15, -0.1) is 0 Å². The van der Waals surface area contributed by atoms with Gasteiger partial charge in [-0.25, -0.2) is 0 Å². The second-order valence-corrected chi connectivity index (χ2v) is 4.37. The molecule has 1 aromatic carbocycles. The SMILES string of the molecule is CNCC(O)c1cn(C)c2ccc(Cl)cc12. The van der Waals surface area contributed by atoms with Crippen LogP contribution in [-0.4, -0.2) is 23.3 Å². The Morgan fingerprint density at radius 2 is 2.25 bits per heavy atom. The van der Waals surface area contributed by atoms with Gasteiger partial charge in [0, 0.05) is 41.3 Å². The van der Waals surface area contributed by atoms with Crippen molar-refractivity contribution in [3.63, 3.8) is 0 Å². The van der Waals surface area contributed by atoms with Gasteiger partial charge in [0.15, 0.2) is 0 Å². The van der Waals surface area contributed by atoms with Gasteiger partial charge in [0.25, 0.3) is 0 Å². The number of nitrogens with one attached hydrogen (secondary N) is 1. The van der Waals surface area contributed by atoms with Crippen LogP contribution in [-0.2, 0) is 7.05 Å². The molecule has 0 amide bonds. The van der Waals surface area contributed by atoms with E-state index in [-0.39, 0.29) is 0 Å². The zero-order valence-corrected chi connectivity index (χ0v) is 10.1. The summed E-state index contributed by atoms with van der Waals surface area (Å²) < 4.78 is 2.00. The van der Waals surface area contributed by atoms with Crippen molar-refractivity contribution in [2.45, 2.75) is 6.10 Å². The number of aromatic nitrogens is 1. The molecule has 2 aromatic rings. The fourth-order valence-electron chi connectivity index (χ4n) is 1.96. The van der Waals surface area contributed by atoms with E-state index in [1.807, 2.05) is 43.1 Å². The first-order valence-corrected chi connectivity index (χ1v) is 5.58. The van der Waals surface area contributed by atoms with Crippen LogP contribution < -0.4 is 5.32 Å². The van der Waals surface area contributed by atoms with Crippen LogP contribution in [0.1, 0.15) is 11.7 Å². The Morgan fingerprint density at radius 3 is 2.94 bits per heavy atom. The highest BCUT2D eigenvalue weighted by Gasteiger charge is 2.14. The fourth-order valence-corrected chi connectivity index (χ4v) is 2.14. The lowest BCUT2D eigenvalue weighted by Gasteiger charge is -2.08. The van der Waals surface area contributed by atoms with E-state index < -0.39 is 6.10 Å². The number of likely N-dealkylation sites (N-methyl/N-ethyl adjacent to an activating group) is 1. The number of hydrogen-bond donors (Lipinski definition) is 2. The number of hydrogen-bond acceptors (Lipinski definition) is 2. The third-order valence-electron chi connectivity index (χ3n) is 2.74. The number of nitrogens with zero attached hydrogens (tertiary/aromatic N) is 1. The molecule has 1 atom stereocenters. The van der Waals surface area contributed by atoms with E-state index in [0.717, 1.165) is 16.5 Å². The molecule has 0 radical (unpaired) electrons. The smallest absolute Gasteiger partial charge is 0.0934 e. The van der Waals surface area contributed by atoms with E-state index in [0.29, 0.717) is 11.6 Å². The van der Waals surface area contributed by atoms with Gasteiger partial charge in [-0.3, -0.25) is 0 Å². The Bertz CT molecular complexity index is 507. The molecule has 1 unspecified atom stereocenters. The van der Waals surface area contributed by atoms with E-state index >= 15 is 0 Å². The lowest BCUT2D eigenvalue weighted by Crippen LogP contribution is -2.16. The summed E-state index contributed by atoms with van der Waals surface area (Å²) in [5.74, 6) is 0. The number of aryl methyl sites for hydroxylation is 1. The molecule has 0 saturated carbocycles.